The van der Waals surface area contributed by atoms with Gasteiger partial charge in [-0.1, -0.05) is 25.5 Å². The Hall–Kier alpha value is -1.19. The van der Waals surface area contributed by atoms with Crippen molar-refractivity contribution in [3.05, 3.63) is 11.9 Å². The summed E-state index contributed by atoms with van der Waals surface area (Å²) in [4.78, 5) is 10.3. The van der Waals surface area contributed by atoms with Gasteiger partial charge in [-0.3, -0.25) is 9.48 Å². The molecular weight excluding hydrogens is 166 g/mol. The number of hydrogen-bond donors (Lipinski definition) is 0. The van der Waals surface area contributed by atoms with Crippen molar-refractivity contribution in [2.24, 2.45) is 5.92 Å². The number of nitrogens with zero attached hydrogens (tertiary/aromatic N) is 3. The van der Waals surface area contributed by atoms with E-state index in [9.17, 15) is 4.79 Å². The molecule has 0 aliphatic carbocycles. The normalized spacial score (nSPS) is 12.8. The zero-order valence-electron chi connectivity index (χ0n) is 8.10. The molecule has 0 saturated carbocycles. The number of carbonyl (C=O) groups is 1. The van der Waals surface area contributed by atoms with Gasteiger partial charge in [0.2, 0.25) is 0 Å². The van der Waals surface area contributed by atoms with Crippen LogP contribution < -0.4 is 0 Å². The lowest BCUT2D eigenvalue weighted by Gasteiger charge is -2.08. The molecule has 1 heterocycles. The van der Waals surface area contributed by atoms with Crippen molar-refractivity contribution in [2.75, 3.05) is 0 Å². The van der Waals surface area contributed by atoms with Crippen LogP contribution in [0, 0.1) is 5.92 Å². The fourth-order valence-electron chi connectivity index (χ4n) is 1.36. The Morgan fingerprint density at radius 2 is 2.46 bits per heavy atom. The molecule has 1 aromatic rings. The van der Waals surface area contributed by atoms with Crippen LogP contribution in [0.15, 0.2) is 6.20 Å². The average molecular weight is 181 g/mol. The van der Waals surface area contributed by atoms with Gasteiger partial charge in [0.25, 0.3) is 0 Å². The molecule has 0 amide bonds. The number of aromatic nitrogens is 3. The van der Waals surface area contributed by atoms with E-state index in [0.717, 1.165) is 6.54 Å². The Labute approximate surface area is 77.9 Å². The van der Waals surface area contributed by atoms with E-state index in [2.05, 4.69) is 24.2 Å². The second-order valence-corrected chi connectivity index (χ2v) is 3.38. The summed E-state index contributed by atoms with van der Waals surface area (Å²) in [5, 5.41) is 7.54. The lowest BCUT2D eigenvalue weighted by atomic mass is 10.1. The van der Waals surface area contributed by atoms with Crippen molar-refractivity contribution < 1.29 is 4.79 Å². The molecule has 0 aliphatic heterocycles. The summed E-state index contributed by atoms with van der Waals surface area (Å²) in [7, 11) is 0. The second-order valence-electron chi connectivity index (χ2n) is 3.38. The van der Waals surface area contributed by atoms with Crippen LogP contribution in [0.4, 0.5) is 0 Å². The van der Waals surface area contributed by atoms with E-state index in [4.69, 9.17) is 0 Å². The molecule has 0 N–H and O–H groups in total. The van der Waals surface area contributed by atoms with Gasteiger partial charge in [0.15, 0.2) is 6.29 Å². The molecule has 0 aliphatic rings. The van der Waals surface area contributed by atoms with Crippen molar-refractivity contribution in [3.8, 4) is 0 Å². The topological polar surface area (TPSA) is 47.8 Å². The highest BCUT2D eigenvalue weighted by atomic mass is 16.1. The minimum Gasteiger partial charge on any atom is -0.296 e. The van der Waals surface area contributed by atoms with Crippen LogP contribution in [0.1, 0.15) is 37.2 Å². The fourth-order valence-corrected chi connectivity index (χ4v) is 1.36. The average Bonchev–Trinajstić information content (AvgIpc) is 2.52. The zero-order chi connectivity index (χ0) is 9.68. The standard InChI is InChI=1S/C9H15N3O/c1-3-4-8(2)5-12-6-9(7-13)10-11-12/h6-8H,3-5H2,1-2H3. The van der Waals surface area contributed by atoms with E-state index in [1.165, 1.54) is 12.8 Å². The van der Waals surface area contributed by atoms with E-state index < -0.39 is 0 Å². The first-order valence-corrected chi connectivity index (χ1v) is 4.61. The Kier molecular flexibility index (Phi) is 3.61. The summed E-state index contributed by atoms with van der Waals surface area (Å²) < 4.78 is 1.73. The highest BCUT2D eigenvalue weighted by Gasteiger charge is 2.04. The van der Waals surface area contributed by atoms with Crippen LogP contribution in [0.2, 0.25) is 0 Å². The van der Waals surface area contributed by atoms with Crippen molar-refractivity contribution in [1.29, 1.82) is 0 Å². The highest BCUT2D eigenvalue weighted by Crippen LogP contribution is 2.07. The second kappa shape index (κ2) is 4.74. The third-order valence-electron chi connectivity index (χ3n) is 1.96. The quantitative estimate of drug-likeness (QED) is 0.647. The molecule has 1 atom stereocenters. The van der Waals surface area contributed by atoms with Gasteiger partial charge in [0.05, 0.1) is 6.20 Å². The number of rotatable bonds is 5. The predicted octanol–water partition coefficient (Wildman–Crippen LogP) is 1.53. The van der Waals surface area contributed by atoms with Crippen LogP contribution in [0.25, 0.3) is 0 Å². The van der Waals surface area contributed by atoms with Crippen molar-refractivity contribution in [1.82, 2.24) is 15.0 Å². The molecule has 1 aromatic heterocycles. The van der Waals surface area contributed by atoms with Gasteiger partial charge in [-0.15, -0.1) is 5.10 Å². The first-order valence-electron chi connectivity index (χ1n) is 4.61. The Balaban J connectivity index is 2.48. The molecule has 0 radical (unpaired) electrons. The monoisotopic (exact) mass is 181 g/mol. The van der Waals surface area contributed by atoms with Crippen LogP contribution >= 0.6 is 0 Å². The summed E-state index contributed by atoms with van der Waals surface area (Å²) in [6.07, 6.45) is 4.75. The fraction of sp³-hybridized carbons (Fsp3) is 0.667. The smallest absolute Gasteiger partial charge is 0.171 e. The first-order chi connectivity index (χ1) is 6.26. The maximum absolute atomic E-state index is 10.3. The zero-order valence-corrected chi connectivity index (χ0v) is 8.10. The Bertz CT molecular complexity index is 270. The van der Waals surface area contributed by atoms with Crippen LogP contribution in [-0.2, 0) is 6.54 Å². The van der Waals surface area contributed by atoms with Crippen molar-refractivity contribution in [3.63, 3.8) is 0 Å². The molecule has 4 nitrogen and oxygen atoms in total. The van der Waals surface area contributed by atoms with Crippen LogP contribution in [0.3, 0.4) is 0 Å². The lowest BCUT2D eigenvalue weighted by molar-refractivity contribution is 0.111. The third kappa shape index (κ3) is 2.97. The summed E-state index contributed by atoms with van der Waals surface area (Å²) in [5.41, 5.74) is 0.406. The molecule has 0 aromatic carbocycles. The minimum absolute atomic E-state index is 0.406. The van der Waals surface area contributed by atoms with Crippen molar-refractivity contribution in [2.45, 2.75) is 33.2 Å². The van der Waals surface area contributed by atoms with Gasteiger partial charge >= 0.3 is 0 Å². The summed E-state index contributed by atoms with van der Waals surface area (Å²) in [5.74, 6) is 0.589. The van der Waals surface area contributed by atoms with Gasteiger partial charge in [-0.25, -0.2) is 0 Å². The summed E-state index contributed by atoms with van der Waals surface area (Å²) >= 11 is 0. The highest BCUT2D eigenvalue weighted by molar-refractivity contribution is 5.70. The van der Waals surface area contributed by atoms with Crippen LogP contribution in [-0.4, -0.2) is 21.3 Å². The maximum atomic E-state index is 10.3. The van der Waals surface area contributed by atoms with E-state index in [0.29, 0.717) is 17.9 Å². The van der Waals surface area contributed by atoms with Gasteiger partial charge in [0.1, 0.15) is 5.69 Å². The van der Waals surface area contributed by atoms with Gasteiger partial charge in [-0.2, -0.15) is 0 Å². The number of aldehydes is 1. The Morgan fingerprint density at radius 3 is 3.00 bits per heavy atom. The SMILES string of the molecule is CCCC(C)Cn1cc(C=O)nn1. The van der Waals surface area contributed by atoms with Crippen LogP contribution in [0.5, 0.6) is 0 Å². The van der Waals surface area contributed by atoms with Gasteiger partial charge < -0.3 is 0 Å². The molecule has 0 spiro atoms. The summed E-state index contributed by atoms with van der Waals surface area (Å²) in [6, 6.07) is 0. The minimum atomic E-state index is 0.406. The number of carbonyl (C=O) groups excluding carboxylic acids is 1. The number of hydrogen-bond acceptors (Lipinski definition) is 3. The summed E-state index contributed by atoms with van der Waals surface area (Å²) in [6.45, 7) is 5.18. The lowest BCUT2D eigenvalue weighted by Crippen LogP contribution is -2.07. The predicted molar refractivity (Wildman–Crippen MR) is 49.5 cm³/mol. The molecule has 0 bridgehead atoms. The molecule has 13 heavy (non-hydrogen) atoms. The van der Waals surface area contributed by atoms with Gasteiger partial charge in [0, 0.05) is 6.54 Å². The molecule has 1 rings (SSSR count). The molecule has 1 unspecified atom stereocenters. The third-order valence-corrected chi connectivity index (χ3v) is 1.96. The molecule has 0 fully saturated rings. The first kappa shape index (κ1) is 9.89. The molecule has 0 saturated heterocycles. The van der Waals surface area contributed by atoms with Crippen molar-refractivity contribution >= 4 is 6.29 Å². The Morgan fingerprint density at radius 1 is 1.69 bits per heavy atom. The van der Waals surface area contributed by atoms with E-state index in [-0.39, 0.29) is 0 Å². The van der Waals surface area contributed by atoms with E-state index >= 15 is 0 Å². The largest absolute Gasteiger partial charge is 0.296 e. The van der Waals surface area contributed by atoms with E-state index in [1.54, 1.807) is 10.9 Å². The van der Waals surface area contributed by atoms with E-state index in [1.807, 2.05) is 0 Å². The molecular formula is C9H15N3O. The molecule has 72 valence electrons. The molecule has 4 heteroatoms. The van der Waals surface area contributed by atoms with Gasteiger partial charge in [-0.05, 0) is 12.3 Å². The maximum Gasteiger partial charge on any atom is 0.171 e.